The third-order valence-electron chi connectivity index (χ3n) is 8.26. The summed E-state index contributed by atoms with van der Waals surface area (Å²) in [7, 11) is 1.72. The molecule has 1 aromatic heterocycles. The zero-order valence-electron chi connectivity index (χ0n) is 24.1. The number of hydrogen-bond donors (Lipinski definition) is 0. The smallest absolute Gasteiger partial charge is 0.419 e. The lowest BCUT2D eigenvalue weighted by Gasteiger charge is -2.43. The number of piperidine rings is 1. The van der Waals surface area contributed by atoms with Crippen LogP contribution in [-0.2, 0) is 16.0 Å². The molecule has 0 N–H and O–H groups in total. The second kappa shape index (κ2) is 12.1. The van der Waals surface area contributed by atoms with Crippen molar-refractivity contribution in [1.29, 1.82) is 5.26 Å². The van der Waals surface area contributed by atoms with Gasteiger partial charge >= 0.3 is 6.09 Å². The van der Waals surface area contributed by atoms with Gasteiger partial charge in [-0.2, -0.15) is 5.26 Å². The molecule has 0 radical (unpaired) electrons. The number of benzene rings is 1. The predicted molar refractivity (Wildman–Crippen MR) is 149 cm³/mol. The molecular weight excluding hydrogens is 478 g/mol. The third-order valence-corrected chi connectivity index (χ3v) is 8.26. The highest BCUT2D eigenvalue weighted by Crippen LogP contribution is 2.39. The standard InChI is InChI=1S/C31H45N3O4/c1-7-37-24-13-15-33(27(18-24)23-10-8-9-22(19-32)11-12-23)20-26-25-14-16-34(30(35)38-31(3,4)5)29(25)21(2)17-28(26)36-6/h14,16-17,22-24,27H,7-13,15,18,20H2,1-6H3. The lowest BCUT2D eigenvalue weighted by Crippen LogP contribution is -2.48. The summed E-state index contributed by atoms with van der Waals surface area (Å²) in [4.78, 5) is 15.7. The summed E-state index contributed by atoms with van der Waals surface area (Å²) < 4.78 is 19.3. The molecule has 1 aliphatic heterocycles. The first kappa shape index (κ1) is 28.4. The number of ether oxygens (including phenoxy) is 3. The van der Waals surface area contributed by atoms with Gasteiger partial charge in [-0.25, -0.2) is 4.79 Å². The molecule has 38 heavy (non-hydrogen) atoms. The van der Waals surface area contributed by atoms with E-state index in [2.05, 4.69) is 17.9 Å². The fourth-order valence-electron chi connectivity index (χ4n) is 6.50. The number of rotatable bonds is 6. The number of nitriles is 1. The molecule has 7 nitrogen and oxygen atoms in total. The van der Waals surface area contributed by atoms with Crippen LogP contribution in [0.3, 0.4) is 0 Å². The van der Waals surface area contributed by atoms with Gasteiger partial charge in [0, 0.05) is 48.8 Å². The number of carbonyl (C=O) groups excluding carboxylic acids is 1. The van der Waals surface area contributed by atoms with Crippen LogP contribution < -0.4 is 4.74 Å². The van der Waals surface area contributed by atoms with Crippen LogP contribution in [0.4, 0.5) is 4.79 Å². The van der Waals surface area contributed by atoms with Crippen molar-refractivity contribution in [2.24, 2.45) is 11.8 Å². The highest BCUT2D eigenvalue weighted by Gasteiger charge is 2.36. The van der Waals surface area contributed by atoms with Crippen LogP contribution in [0.5, 0.6) is 5.75 Å². The molecule has 0 bridgehead atoms. The number of aryl methyl sites for hydroxylation is 1. The maximum atomic E-state index is 13.0. The van der Waals surface area contributed by atoms with Crippen LogP contribution in [0.25, 0.3) is 10.9 Å². The maximum Gasteiger partial charge on any atom is 0.419 e. The van der Waals surface area contributed by atoms with E-state index in [4.69, 9.17) is 14.2 Å². The van der Waals surface area contributed by atoms with Crippen molar-refractivity contribution < 1.29 is 19.0 Å². The lowest BCUT2D eigenvalue weighted by molar-refractivity contribution is -0.0302. The molecule has 4 unspecified atom stereocenters. The van der Waals surface area contributed by atoms with E-state index in [0.29, 0.717) is 12.0 Å². The normalized spacial score (nSPS) is 25.1. The summed E-state index contributed by atoms with van der Waals surface area (Å²) in [5.74, 6) is 1.59. The minimum Gasteiger partial charge on any atom is -0.496 e. The van der Waals surface area contributed by atoms with Gasteiger partial charge < -0.3 is 14.2 Å². The SMILES string of the molecule is CCOC1CCN(Cc2c(OC)cc(C)c3c2ccn3C(=O)OC(C)(C)C)C(C2CCCC(C#N)CC2)C1. The monoisotopic (exact) mass is 523 g/mol. The molecule has 0 spiro atoms. The Morgan fingerprint density at radius 3 is 2.66 bits per heavy atom. The van der Waals surface area contributed by atoms with Crippen LogP contribution in [0.1, 0.15) is 83.8 Å². The first-order valence-electron chi connectivity index (χ1n) is 14.3. The van der Waals surface area contributed by atoms with Crippen LogP contribution >= 0.6 is 0 Å². The summed E-state index contributed by atoms with van der Waals surface area (Å²) in [6, 6.07) is 6.98. The molecule has 2 aromatic rings. The van der Waals surface area contributed by atoms with Gasteiger partial charge in [-0.15, -0.1) is 0 Å². The second-order valence-electron chi connectivity index (χ2n) is 12.0. The van der Waals surface area contributed by atoms with Gasteiger partial charge in [0.1, 0.15) is 11.4 Å². The van der Waals surface area contributed by atoms with E-state index in [1.54, 1.807) is 11.7 Å². The molecule has 1 aliphatic carbocycles. The Morgan fingerprint density at radius 2 is 1.97 bits per heavy atom. The van der Waals surface area contributed by atoms with Crippen molar-refractivity contribution in [3.8, 4) is 11.8 Å². The molecule has 4 atom stereocenters. The minimum absolute atomic E-state index is 0.184. The lowest BCUT2D eigenvalue weighted by atomic mass is 9.83. The minimum atomic E-state index is -0.571. The zero-order chi connectivity index (χ0) is 27.4. The molecule has 2 fully saturated rings. The summed E-state index contributed by atoms with van der Waals surface area (Å²) in [5.41, 5.74) is 2.40. The van der Waals surface area contributed by atoms with Crippen molar-refractivity contribution in [3.63, 3.8) is 0 Å². The first-order valence-corrected chi connectivity index (χ1v) is 14.3. The molecule has 2 aliphatic rings. The molecule has 1 saturated carbocycles. The maximum absolute atomic E-state index is 13.0. The van der Waals surface area contributed by atoms with Crippen molar-refractivity contribution in [2.45, 2.75) is 104 Å². The van der Waals surface area contributed by atoms with E-state index in [-0.39, 0.29) is 18.1 Å². The highest BCUT2D eigenvalue weighted by molar-refractivity contribution is 5.95. The second-order valence-corrected chi connectivity index (χ2v) is 12.0. The summed E-state index contributed by atoms with van der Waals surface area (Å²) in [6.45, 7) is 12.2. The number of carbonyl (C=O) groups is 1. The molecule has 1 aromatic carbocycles. The molecule has 7 heteroatoms. The van der Waals surface area contributed by atoms with Gasteiger partial charge in [0.05, 0.1) is 24.8 Å². The molecule has 2 heterocycles. The number of hydrogen-bond acceptors (Lipinski definition) is 6. The Hall–Kier alpha value is -2.56. The molecule has 4 rings (SSSR count). The van der Waals surface area contributed by atoms with Gasteiger partial charge in [-0.05, 0) is 96.8 Å². The van der Waals surface area contributed by atoms with E-state index in [9.17, 15) is 10.1 Å². The van der Waals surface area contributed by atoms with Crippen LogP contribution in [0.2, 0.25) is 0 Å². The summed E-state index contributed by atoms with van der Waals surface area (Å²) in [5, 5.41) is 10.6. The zero-order valence-corrected chi connectivity index (χ0v) is 24.1. The number of nitrogens with zero attached hydrogens (tertiary/aromatic N) is 3. The van der Waals surface area contributed by atoms with Gasteiger partial charge in [-0.1, -0.05) is 6.42 Å². The van der Waals surface area contributed by atoms with Gasteiger partial charge in [0.2, 0.25) is 0 Å². The number of likely N-dealkylation sites (tertiary alicyclic amines) is 1. The van der Waals surface area contributed by atoms with Crippen LogP contribution in [0.15, 0.2) is 18.3 Å². The fourth-order valence-corrected chi connectivity index (χ4v) is 6.50. The Kier molecular flexibility index (Phi) is 9.05. The van der Waals surface area contributed by atoms with Crippen molar-refractivity contribution in [2.75, 3.05) is 20.3 Å². The Labute approximate surface area is 228 Å². The van der Waals surface area contributed by atoms with E-state index >= 15 is 0 Å². The average Bonchev–Trinajstić information content (AvgIpc) is 3.18. The van der Waals surface area contributed by atoms with E-state index in [0.717, 1.165) is 92.4 Å². The van der Waals surface area contributed by atoms with Crippen molar-refractivity contribution in [3.05, 3.63) is 29.5 Å². The van der Waals surface area contributed by atoms with E-state index < -0.39 is 5.60 Å². The average molecular weight is 524 g/mol. The quantitative estimate of drug-likeness (QED) is 0.386. The Bertz CT molecular complexity index is 1160. The number of methoxy groups -OCH3 is 1. The van der Waals surface area contributed by atoms with Crippen LogP contribution in [0, 0.1) is 30.1 Å². The molecular formula is C31H45N3O4. The summed E-state index contributed by atoms with van der Waals surface area (Å²) in [6.07, 6.45) is 9.13. The number of aromatic nitrogens is 1. The van der Waals surface area contributed by atoms with Gasteiger partial charge in [-0.3, -0.25) is 9.47 Å². The van der Waals surface area contributed by atoms with E-state index in [1.165, 1.54) is 0 Å². The third kappa shape index (κ3) is 6.35. The predicted octanol–water partition coefficient (Wildman–Crippen LogP) is 6.83. The topological polar surface area (TPSA) is 76.7 Å². The number of fused-ring (bicyclic) bond motifs is 1. The van der Waals surface area contributed by atoms with Gasteiger partial charge in [0.25, 0.3) is 0 Å². The van der Waals surface area contributed by atoms with Gasteiger partial charge in [0.15, 0.2) is 0 Å². The largest absolute Gasteiger partial charge is 0.496 e. The molecule has 1 saturated heterocycles. The molecule has 208 valence electrons. The van der Waals surface area contributed by atoms with E-state index in [1.807, 2.05) is 46.0 Å². The highest BCUT2D eigenvalue weighted by atomic mass is 16.6. The fraction of sp³-hybridized carbons (Fsp3) is 0.677. The van der Waals surface area contributed by atoms with Crippen molar-refractivity contribution >= 4 is 17.0 Å². The van der Waals surface area contributed by atoms with Crippen molar-refractivity contribution in [1.82, 2.24) is 9.47 Å². The molecule has 0 amide bonds. The van der Waals surface area contributed by atoms with Crippen LogP contribution in [-0.4, -0.2) is 53.6 Å². The Balaban J connectivity index is 1.68. The Morgan fingerprint density at radius 1 is 1.18 bits per heavy atom. The summed E-state index contributed by atoms with van der Waals surface area (Å²) >= 11 is 0. The first-order chi connectivity index (χ1) is 18.1.